The Kier molecular flexibility index (Phi) is 11.7. The number of anilines is 1. The van der Waals surface area contributed by atoms with Crippen molar-refractivity contribution in [1.29, 1.82) is 0 Å². The molecule has 216 valence electrons. The van der Waals surface area contributed by atoms with Crippen LogP contribution in [0.25, 0.3) is 10.6 Å². The third kappa shape index (κ3) is 7.94. The van der Waals surface area contributed by atoms with Gasteiger partial charge in [-0.15, -0.1) is 22.6 Å². The van der Waals surface area contributed by atoms with Crippen molar-refractivity contribution in [2.45, 2.75) is 46.5 Å². The molecule has 1 fully saturated rings. The summed E-state index contributed by atoms with van der Waals surface area (Å²) in [4.78, 5) is 28.4. The second-order valence-corrected chi connectivity index (χ2v) is 11.3. The zero-order valence-electron chi connectivity index (χ0n) is 23.1. The molecule has 4 rings (SSSR count). The highest BCUT2D eigenvalue weighted by molar-refractivity contribution is 7.18. The standard InChI is InChI=1S/C29H35ClN4O4S.ClH/c1-4-5-11-34(27(35)22-7-6-8-24(30)18-22)29-32-31-26(39-29)23-16-19(2)25(20(3)17-23)38-15-14-33-12-9-21(10-13-33)28(36)37;/h6-8,16-18,21H,4-5,9-15H2,1-3H3,(H,36,37);1H. The van der Waals surface area contributed by atoms with Crippen molar-refractivity contribution in [3.05, 3.63) is 58.1 Å². The number of ether oxygens (including phenoxy) is 1. The molecule has 0 spiro atoms. The van der Waals surface area contributed by atoms with Crippen molar-refractivity contribution in [1.82, 2.24) is 15.1 Å². The van der Waals surface area contributed by atoms with Crippen LogP contribution in [0.3, 0.4) is 0 Å². The van der Waals surface area contributed by atoms with Gasteiger partial charge in [-0.25, -0.2) is 0 Å². The van der Waals surface area contributed by atoms with Crippen LogP contribution < -0.4 is 9.64 Å². The number of unbranched alkanes of at least 4 members (excludes halogenated alkanes) is 1. The third-order valence-electron chi connectivity index (χ3n) is 7.00. The Morgan fingerprint density at radius 3 is 2.48 bits per heavy atom. The van der Waals surface area contributed by atoms with Crippen LogP contribution in [-0.2, 0) is 4.79 Å². The fourth-order valence-corrected chi connectivity index (χ4v) is 5.85. The number of amides is 1. The number of rotatable bonds is 11. The zero-order chi connectivity index (χ0) is 27.9. The van der Waals surface area contributed by atoms with Crippen LogP contribution in [-0.4, -0.2) is 64.9 Å². The van der Waals surface area contributed by atoms with Gasteiger partial charge in [0, 0.05) is 29.2 Å². The Bertz CT molecular complexity index is 1290. The molecule has 1 saturated heterocycles. The van der Waals surface area contributed by atoms with Gasteiger partial charge in [0.15, 0.2) is 0 Å². The summed E-state index contributed by atoms with van der Waals surface area (Å²) < 4.78 is 6.16. The number of hydrogen-bond donors (Lipinski definition) is 1. The zero-order valence-corrected chi connectivity index (χ0v) is 25.4. The summed E-state index contributed by atoms with van der Waals surface area (Å²) in [5.74, 6) is -0.212. The number of benzene rings is 2. The minimum Gasteiger partial charge on any atom is -0.492 e. The minimum absolute atomic E-state index is 0. The lowest BCUT2D eigenvalue weighted by Crippen LogP contribution is -2.38. The third-order valence-corrected chi connectivity index (χ3v) is 8.23. The normalized spacial score (nSPS) is 14.0. The highest BCUT2D eigenvalue weighted by atomic mass is 35.5. The number of aromatic nitrogens is 2. The van der Waals surface area contributed by atoms with Gasteiger partial charge < -0.3 is 9.84 Å². The molecule has 2 heterocycles. The first-order valence-electron chi connectivity index (χ1n) is 13.4. The minimum atomic E-state index is -0.693. The summed E-state index contributed by atoms with van der Waals surface area (Å²) in [5.41, 5.74) is 3.46. The van der Waals surface area contributed by atoms with E-state index in [1.165, 1.54) is 11.3 Å². The molecule has 2 aromatic carbocycles. The van der Waals surface area contributed by atoms with Crippen LogP contribution in [0.4, 0.5) is 5.13 Å². The Hall–Kier alpha value is -2.72. The summed E-state index contributed by atoms with van der Waals surface area (Å²) >= 11 is 7.52. The SMILES string of the molecule is CCCCN(C(=O)c1cccc(Cl)c1)c1nnc(-c2cc(C)c(OCCN3CCC(C(=O)O)CC3)c(C)c2)s1.Cl. The van der Waals surface area contributed by atoms with Crippen LogP contribution >= 0.6 is 35.3 Å². The summed E-state index contributed by atoms with van der Waals surface area (Å²) in [6.45, 7) is 9.54. The molecule has 11 heteroatoms. The van der Waals surface area contributed by atoms with E-state index in [1.807, 2.05) is 26.0 Å². The van der Waals surface area contributed by atoms with E-state index in [9.17, 15) is 14.7 Å². The number of aliphatic carboxylic acids is 1. The predicted octanol–water partition coefficient (Wildman–Crippen LogP) is 6.52. The largest absolute Gasteiger partial charge is 0.492 e. The Balaban J connectivity index is 0.00000441. The summed E-state index contributed by atoms with van der Waals surface area (Å²) in [6, 6.07) is 11.0. The maximum Gasteiger partial charge on any atom is 0.306 e. The van der Waals surface area contributed by atoms with E-state index in [2.05, 4.69) is 22.0 Å². The van der Waals surface area contributed by atoms with Gasteiger partial charge in [0.05, 0.1) is 5.92 Å². The second kappa shape index (κ2) is 14.8. The maximum absolute atomic E-state index is 13.3. The summed E-state index contributed by atoms with van der Waals surface area (Å²) in [5, 5.41) is 19.8. The number of carbonyl (C=O) groups excluding carboxylic acids is 1. The van der Waals surface area contributed by atoms with Crippen LogP contribution in [0, 0.1) is 19.8 Å². The lowest BCUT2D eigenvalue weighted by molar-refractivity contribution is -0.143. The predicted molar refractivity (Wildman–Crippen MR) is 162 cm³/mol. The first-order valence-corrected chi connectivity index (χ1v) is 14.6. The van der Waals surface area contributed by atoms with Crippen molar-refractivity contribution >= 4 is 52.4 Å². The van der Waals surface area contributed by atoms with E-state index in [0.717, 1.165) is 59.9 Å². The molecule has 3 aromatic rings. The second-order valence-electron chi connectivity index (χ2n) is 9.95. The number of halogens is 2. The number of piperidine rings is 1. The van der Waals surface area contributed by atoms with Crippen molar-refractivity contribution in [3.63, 3.8) is 0 Å². The Labute approximate surface area is 250 Å². The van der Waals surface area contributed by atoms with E-state index in [-0.39, 0.29) is 24.2 Å². The number of carboxylic acid groups (broad SMARTS) is 1. The van der Waals surface area contributed by atoms with Crippen molar-refractivity contribution in [3.8, 4) is 16.3 Å². The fraction of sp³-hybridized carbons (Fsp3) is 0.448. The number of carboxylic acids is 1. The molecule has 1 aliphatic heterocycles. The Morgan fingerprint density at radius 2 is 1.85 bits per heavy atom. The monoisotopic (exact) mass is 606 g/mol. The Morgan fingerprint density at radius 1 is 1.15 bits per heavy atom. The molecule has 0 aliphatic carbocycles. The molecule has 0 unspecified atom stereocenters. The first-order chi connectivity index (χ1) is 18.8. The van der Waals surface area contributed by atoms with E-state index < -0.39 is 5.97 Å². The van der Waals surface area contributed by atoms with Gasteiger partial charge in [-0.1, -0.05) is 42.3 Å². The number of likely N-dealkylation sites (tertiary alicyclic amines) is 1. The van der Waals surface area contributed by atoms with Crippen molar-refractivity contribution in [2.24, 2.45) is 5.92 Å². The molecule has 1 amide bonds. The van der Waals surface area contributed by atoms with Crippen LogP contribution in [0.5, 0.6) is 5.75 Å². The van der Waals surface area contributed by atoms with Crippen LogP contribution in [0.15, 0.2) is 36.4 Å². The van der Waals surface area contributed by atoms with E-state index in [4.69, 9.17) is 16.3 Å². The molecule has 40 heavy (non-hydrogen) atoms. The average Bonchev–Trinajstić information content (AvgIpc) is 3.40. The molecule has 0 atom stereocenters. The van der Waals surface area contributed by atoms with Gasteiger partial charge in [0.1, 0.15) is 17.4 Å². The average molecular weight is 608 g/mol. The highest BCUT2D eigenvalue weighted by Gasteiger charge is 2.25. The van der Waals surface area contributed by atoms with Gasteiger partial charge >= 0.3 is 5.97 Å². The van der Waals surface area contributed by atoms with E-state index in [0.29, 0.717) is 41.7 Å². The van der Waals surface area contributed by atoms with Crippen LogP contribution in [0.2, 0.25) is 5.02 Å². The summed E-state index contributed by atoms with van der Waals surface area (Å²) in [6.07, 6.45) is 3.17. The van der Waals surface area contributed by atoms with Crippen LogP contribution in [0.1, 0.15) is 54.1 Å². The molecule has 0 radical (unpaired) electrons. The molecule has 0 saturated carbocycles. The van der Waals surface area contributed by atoms with Crippen molar-refractivity contribution in [2.75, 3.05) is 37.7 Å². The topological polar surface area (TPSA) is 95.9 Å². The molecule has 1 aliphatic rings. The maximum atomic E-state index is 13.3. The lowest BCUT2D eigenvalue weighted by Gasteiger charge is -2.30. The van der Waals surface area contributed by atoms with E-state index >= 15 is 0 Å². The smallest absolute Gasteiger partial charge is 0.306 e. The van der Waals surface area contributed by atoms with Crippen molar-refractivity contribution < 1.29 is 19.4 Å². The van der Waals surface area contributed by atoms with E-state index in [1.54, 1.807) is 29.2 Å². The van der Waals surface area contributed by atoms with Gasteiger partial charge in [-0.3, -0.25) is 19.4 Å². The van der Waals surface area contributed by atoms with Gasteiger partial charge in [0.25, 0.3) is 5.91 Å². The first kappa shape index (κ1) is 31.8. The molecular formula is C29H36Cl2N4O4S. The quantitative estimate of drug-likeness (QED) is 0.265. The number of carbonyl (C=O) groups is 2. The number of nitrogens with zero attached hydrogens (tertiary/aromatic N) is 4. The molecule has 1 N–H and O–H groups in total. The number of aryl methyl sites for hydroxylation is 2. The molecule has 8 nitrogen and oxygen atoms in total. The van der Waals surface area contributed by atoms with Gasteiger partial charge in [-0.2, -0.15) is 0 Å². The molecule has 1 aromatic heterocycles. The fourth-order valence-electron chi connectivity index (χ4n) is 4.80. The highest BCUT2D eigenvalue weighted by Crippen LogP contribution is 2.34. The summed E-state index contributed by atoms with van der Waals surface area (Å²) in [7, 11) is 0. The lowest BCUT2D eigenvalue weighted by atomic mass is 9.97. The molecule has 0 bridgehead atoms. The number of hydrogen-bond acceptors (Lipinski definition) is 7. The van der Waals surface area contributed by atoms with Gasteiger partial charge in [0.2, 0.25) is 5.13 Å². The molecular weight excluding hydrogens is 571 g/mol. The van der Waals surface area contributed by atoms with Gasteiger partial charge in [-0.05, 0) is 87.7 Å².